The fourth-order valence-corrected chi connectivity index (χ4v) is 2.22. The molecule has 1 aromatic heterocycles. The summed E-state index contributed by atoms with van der Waals surface area (Å²) in [6, 6.07) is 8.27. The van der Waals surface area contributed by atoms with Crippen LogP contribution in [0.3, 0.4) is 0 Å². The zero-order chi connectivity index (χ0) is 18.1. The van der Waals surface area contributed by atoms with Gasteiger partial charge >= 0.3 is 0 Å². The van der Waals surface area contributed by atoms with Crippen LogP contribution >= 0.6 is 0 Å². The maximum absolute atomic E-state index is 5.55. The predicted molar refractivity (Wildman–Crippen MR) is 99.8 cm³/mol. The summed E-state index contributed by atoms with van der Waals surface area (Å²) in [7, 11) is 3.44. The molecule has 0 amide bonds. The Morgan fingerprint density at radius 2 is 1.88 bits per heavy atom. The normalized spacial score (nSPS) is 11.4. The number of methoxy groups -OCH3 is 1. The molecule has 0 saturated carbocycles. The number of aliphatic imine (C=N–C) groups is 1. The Kier molecular flexibility index (Phi) is 7.28. The van der Waals surface area contributed by atoms with Crippen molar-refractivity contribution in [2.45, 2.75) is 26.9 Å². The molecule has 1 aromatic carbocycles. The molecule has 0 atom stereocenters. The van der Waals surface area contributed by atoms with Gasteiger partial charge in [0.1, 0.15) is 5.76 Å². The predicted octanol–water partition coefficient (Wildman–Crippen LogP) is 2.21. The number of hydrogen-bond donors (Lipinski definition) is 3. The molecule has 0 spiro atoms. The van der Waals surface area contributed by atoms with Gasteiger partial charge in [-0.15, -0.1) is 0 Å². The monoisotopic (exact) mass is 345 g/mol. The summed E-state index contributed by atoms with van der Waals surface area (Å²) in [5, 5.41) is 9.77. The minimum atomic E-state index is 0.497. The number of hydrogen-bond acceptors (Lipinski definition) is 5. The quantitative estimate of drug-likeness (QED) is 0.386. The first-order valence-electron chi connectivity index (χ1n) is 8.31. The zero-order valence-corrected chi connectivity index (χ0v) is 15.3. The third kappa shape index (κ3) is 6.11. The van der Waals surface area contributed by atoms with Crippen LogP contribution in [0.2, 0.25) is 0 Å². The number of ether oxygens (including phenoxy) is 1. The van der Waals surface area contributed by atoms with Gasteiger partial charge in [-0.2, -0.15) is 0 Å². The minimum Gasteiger partial charge on any atom is -0.444 e. The highest BCUT2D eigenvalue weighted by Gasteiger charge is 2.06. The number of rotatable bonds is 8. The lowest BCUT2D eigenvalue weighted by atomic mass is 10.2. The van der Waals surface area contributed by atoms with Crippen LogP contribution in [0.25, 0.3) is 0 Å². The number of aromatic nitrogens is 1. The molecule has 0 aliphatic carbocycles. The van der Waals surface area contributed by atoms with Crippen molar-refractivity contribution in [3.05, 3.63) is 47.2 Å². The number of anilines is 1. The second kappa shape index (κ2) is 9.68. The molecule has 7 nitrogen and oxygen atoms in total. The highest BCUT2D eigenvalue weighted by atomic mass is 16.5. The topological polar surface area (TPSA) is 83.7 Å². The standard InChI is InChI=1S/C18H27N5O2/c1-13-14(2)25-17(23-13)12-22-18(19-3)21-11-15-5-7-16(8-6-15)20-9-10-24-4/h5-8,20H,9-12H2,1-4H3,(H2,19,21,22). The van der Waals surface area contributed by atoms with Gasteiger partial charge in [-0.25, -0.2) is 4.98 Å². The van der Waals surface area contributed by atoms with E-state index >= 15 is 0 Å². The minimum absolute atomic E-state index is 0.497. The third-order valence-electron chi connectivity index (χ3n) is 3.75. The Bertz CT molecular complexity index is 660. The van der Waals surface area contributed by atoms with E-state index in [1.807, 2.05) is 13.8 Å². The number of oxazole rings is 1. The number of aryl methyl sites for hydroxylation is 2. The lowest BCUT2D eigenvalue weighted by Crippen LogP contribution is -2.36. The van der Waals surface area contributed by atoms with Gasteiger partial charge in [0.25, 0.3) is 0 Å². The number of nitrogens with one attached hydrogen (secondary N) is 3. The van der Waals surface area contributed by atoms with Gasteiger partial charge in [0.2, 0.25) is 5.89 Å². The number of guanidine groups is 1. The highest BCUT2D eigenvalue weighted by molar-refractivity contribution is 5.79. The summed E-state index contributed by atoms with van der Waals surface area (Å²) in [5.74, 6) is 2.21. The van der Waals surface area contributed by atoms with E-state index in [1.54, 1.807) is 14.2 Å². The van der Waals surface area contributed by atoms with Crippen LogP contribution in [0.1, 0.15) is 22.9 Å². The fraction of sp³-hybridized carbons (Fsp3) is 0.444. The maximum Gasteiger partial charge on any atom is 0.214 e. The summed E-state index contributed by atoms with van der Waals surface area (Å²) in [5.41, 5.74) is 3.17. The molecular weight excluding hydrogens is 318 g/mol. The lowest BCUT2D eigenvalue weighted by molar-refractivity contribution is 0.211. The van der Waals surface area contributed by atoms with Crippen molar-refractivity contribution >= 4 is 11.6 Å². The van der Waals surface area contributed by atoms with Gasteiger partial charge < -0.3 is 25.1 Å². The van der Waals surface area contributed by atoms with E-state index in [0.717, 1.165) is 23.7 Å². The Morgan fingerprint density at radius 3 is 2.48 bits per heavy atom. The van der Waals surface area contributed by atoms with Gasteiger partial charge in [0, 0.05) is 32.9 Å². The van der Waals surface area contributed by atoms with Crippen LogP contribution < -0.4 is 16.0 Å². The number of benzene rings is 1. The molecule has 2 aromatic rings. The molecule has 3 N–H and O–H groups in total. The number of nitrogens with zero attached hydrogens (tertiary/aromatic N) is 2. The van der Waals surface area contributed by atoms with Crippen LogP contribution in [0.4, 0.5) is 5.69 Å². The first-order valence-corrected chi connectivity index (χ1v) is 8.31. The SMILES string of the molecule is CN=C(NCc1ccc(NCCOC)cc1)NCc1nc(C)c(C)o1. The Morgan fingerprint density at radius 1 is 1.16 bits per heavy atom. The van der Waals surface area contributed by atoms with Gasteiger partial charge in [0.15, 0.2) is 5.96 Å². The molecule has 0 radical (unpaired) electrons. The molecule has 0 bridgehead atoms. The van der Waals surface area contributed by atoms with Crippen LogP contribution in [-0.2, 0) is 17.8 Å². The fourth-order valence-electron chi connectivity index (χ4n) is 2.22. The molecule has 25 heavy (non-hydrogen) atoms. The van der Waals surface area contributed by atoms with E-state index in [1.165, 1.54) is 5.56 Å². The van der Waals surface area contributed by atoms with E-state index in [-0.39, 0.29) is 0 Å². The van der Waals surface area contributed by atoms with Crippen molar-refractivity contribution in [2.75, 3.05) is 32.6 Å². The molecule has 1 heterocycles. The Hall–Kier alpha value is -2.54. The second-order valence-electron chi connectivity index (χ2n) is 5.65. The summed E-state index contributed by atoms with van der Waals surface area (Å²) in [6.07, 6.45) is 0. The second-order valence-corrected chi connectivity index (χ2v) is 5.65. The summed E-state index contributed by atoms with van der Waals surface area (Å²) < 4.78 is 10.6. The van der Waals surface area contributed by atoms with Crippen molar-refractivity contribution in [3.8, 4) is 0 Å². The molecule has 0 saturated heterocycles. The Labute approximate surface area is 148 Å². The highest BCUT2D eigenvalue weighted by Crippen LogP contribution is 2.09. The largest absolute Gasteiger partial charge is 0.444 e. The Balaban J connectivity index is 1.78. The van der Waals surface area contributed by atoms with Crippen LogP contribution in [-0.4, -0.2) is 38.3 Å². The van der Waals surface area contributed by atoms with Crippen molar-refractivity contribution < 1.29 is 9.15 Å². The van der Waals surface area contributed by atoms with E-state index in [9.17, 15) is 0 Å². The summed E-state index contributed by atoms with van der Waals surface area (Å²) in [4.78, 5) is 8.56. The van der Waals surface area contributed by atoms with E-state index in [2.05, 4.69) is 50.2 Å². The summed E-state index contributed by atoms with van der Waals surface area (Å²) in [6.45, 7) is 6.51. The van der Waals surface area contributed by atoms with Crippen LogP contribution in [0.5, 0.6) is 0 Å². The smallest absolute Gasteiger partial charge is 0.214 e. The molecular formula is C18H27N5O2. The molecule has 0 aliphatic heterocycles. The van der Waals surface area contributed by atoms with Crippen molar-refractivity contribution in [1.82, 2.24) is 15.6 Å². The molecule has 0 fully saturated rings. The lowest BCUT2D eigenvalue weighted by Gasteiger charge is -2.11. The maximum atomic E-state index is 5.55. The van der Waals surface area contributed by atoms with E-state index in [0.29, 0.717) is 31.5 Å². The van der Waals surface area contributed by atoms with Crippen molar-refractivity contribution in [1.29, 1.82) is 0 Å². The van der Waals surface area contributed by atoms with Gasteiger partial charge in [-0.05, 0) is 31.5 Å². The van der Waals surface area contributed by atoms with Crippen molar-refractivity contribution in [3.63, 3.8) is 0 Å². The third-order valence-corrected chi connectivity index (χ3v) is 3.75. The van der Waals surface area contributed by atoms with Gasteiger partial charge in [0.05, 0.1) is 18.8 Å². The molecule has 7 heteroatoms. The van der Waals surface area contributed by atoms with Crippen molar-refractivity contribution in [2.24, 2.45) is 4.99 Å². The summed E-state index contributed by atoms with van der Waals surface area (Å²) >= 11 is 0. The molecule has 0 unspecified atom stereocenters. The average molecular weight is 345 g/mol. The van der Waals surface area contributed by atoms with E-state index in [4.69, 9.17) is 9.15 Å². The molecule has 136 valence electrons. The average Bonchev–Trinajstić information content (AvgIpc) is 2.94. The van der Waals surface area contributed by atoms with Crippen LogP contribution in [0.15, 0.2) is 33.7 Å². The first kappa shape index (κ1) is 18.8. The van der Waals surface area contributed by atoms with E-state index < -0.39 is 0 Å². The van der Waals surface area contributed by atoms with Gasteiger partial charge in [-0.1, -0.05) is 12.1 Å². The van der Waals surface area contributed by atoms with Crippen LogP contribution in [0, 0.1) is 13.8 Å². The molecule has 2 rings (SSSR count). The first-order chi connectivity index (χ1) is 12.1. The molecule has 0 aliphatic rings. The zero-order valence-electron chi connectivity index (χ0n) is 15.3. The van der Waals surface area contributed by atoms with Gasteiger partial charge in [-0.3, -0.25) is 4.99 Å².